The first-order valence-electron chi connectivity index (χ1n) is 8.28. The third-order valence-electron chi connectivity index (χ3n) is 4.15. The molecular formula is C17H19F2N3O5. The summed E-state index contributed by atoms with van der Waals surface area (Å²) in [5, 5.41) is 0. The number of alkyl halides is 1. The number of amides is 1. The summed E-state index contributed by atoms with van der Waals surface area (Å²) >= 11 is 0. The number of nitrogens with one attached hydrogen (secondary N) is 1. The van der Waals surface area contributed by atoms with E-state index in [0.717, 1.165) is 0 Å². The number of nitrogens with zero attached hydrogens (tertiary/aromatic N) is 2. The van der Waals surface area contributed by atoms with Gasteiger partial charge in [0.05, 0.1) is 24.7 Å². The highest BCUT2D eigenvalue weighted by atomic mass is 19.1. The van der Waals surface area contributed by atoms with Gasteiger partial charge >= 0.3 is 5.97 Å². The Morgan fingerprint density at radius 1 is 1.33 bits per heavy atom. The molecule has 1 amide bonds. The molecule has 0 radical (unpaired) electrons. The van der Waals surface area contributed by atoms with E-state index < -0.39 is 24.2 Å². The fourth-order valence-electron chi connectivity index (χ4n) is 2.76. The molecule has 0 unspecified atom stereocenters. The Bertz CT molecular complexity index is 828. The molecule has 2 atom stereocenters. The average molecular weight is 383 g/mol. The summed E-state index contributed by atoms with van der Waals surface area (Å²) in [6.07, 6.45) is -2.16. The third kappa shape index (κ3) is 4.77. The Hall–Kier alpha value is -2.59. The van der Waals surface area contributed by atoms with Crippen molar-refractivity contribution < 1.29 is 32.6 Å². The molecule has 0 bridgehead atoms. The van der Waals surface area contributed by atoms with Crippen molar-refractivity contribution in [2.45, 2.75) is 18.9 Å². The highest BCUT2D eigenvalue weighted by molar-refractivity contribution is 5.78. The lowest BCUT2D eigenvalue weighted by molar-refractivity contribution is -0.148. The number of ether oxygens (including phenoxy) is 3. The molecule has 1 aliphatic heterocycles. The van der Waals surface area contributed by atoms with Crippen LogP contribution in [0.4, 0.5) is 8.78 Å². The second-order valence-electron chi connectivity index (χ2n) is 6.08. The van der Waals surface area contributed by atoms with Crippen molar-refractivity contribution in [3.05, 3.63) is 29.8 Å². The first-order valence-corrected chi connectivity index (χ1v) is 8.28. The number of benzene rings is 1. The van der Waals surface area contributed by atoms with E-state index in [1.807, 2.05) is 0 Å². The zero-order chi connectivity index (χ0) is 19.4. The summed E-state index contributed by atoms with van der Waals surface area (Å²) in [4.78, 5) is 31.4. The van der Waals surface area contributed by atoms with Gasteiger partial charge in [0.25, 0.3) is 0 Å². The van der Waals surface area contributed by atoms with Crippen molar-refractivity contribution in [3.8, 4) is 0 Å². The number of carbonyl (C=O) groups excluding carboxylic acids is 2. The number of carbonyl (C=O) groups is 2. The number of likely N-dealkylation sites (tertiary alicyclic amines) is 1. The van der Waals surface area contributed by atoms with Gasteiger partial charge in [-0.1, -0.05) is 0 Å². The first kappa shape index (κ1) is 19.2. The van der Waals surface area contributed by atoms with Crippen LogP contribution in [0.3, 0.4) is 0 Å². The van der Waals surface area contributed by atoms with Crippen LogP contribution in [0, 0.1) is 5.82 Å². The third-order valence-corrected chi connectivity index (χ3v) is 4.15. The molecule has 8 nitrogen and oxygen atoms in total. The van der Waals surface area contributed by atoms with Crippen molar-refractivity contribution in [3.63, 3.8) is 0 Å². The van der Waals surface area contributed by atoms with Crippen molar-refractivity contribution in [1.29, 1.82) is 0 Å². The molecule has 1 aromatic carbocycles. The highest BCUT2D eigenvalue weighted by Gasteiger charge is 2.36. The maximum Gasteiger partial charge on any atom is 0.331 e. The van der Waals surface area contributed by atoms with Crippen LogP contribution in [0.15, 0.2) is 18.2 Å². The molecule has 1 aromatic heterocycles. The predicted octanol–water partition coefficient (Wildman–Crippen LogP) is 0.957. The molecule has 1 fully saturated rings. The Morgan fingerprint density at radius 3 is 2.93 bits per heavy atom. The SMILES string of the molecule is COC(=O)COCC(=O)N1C[C@@H](F)[C@@H](OCc2nc3ccc(F)cc3[nH]2)C1. The van der Waals surface area contributed by atoms with Crippen molar-refractivity contribution in [2.24, 2.45) is 0 Å². The number of aromatic nitrogens is 2. The molecule has 27 heavy (non-hydrogen) atoms. The van der Waals surface area contributed by atoms with E-state index in [9.17, 15) is 18.4 Å². The van der Waals surface area contributed by atoms with Crippen LogP contribution >= 0.6 is 0 Å². The molecule has 0 spiro atoms. The average Bonchev–Trinajstić information content (AvgIpc) is 3.22. The normalized spacial score (nSPS) is 19.6. The number of imidazole rings is 1. The Balaban J connectivity index is 1.49. The number of aromatic amines is 1. The maximum absolute atomic E-state index is 14.1. The van der Waals surface area contributed by atoms with E-state index >= 15 is 0 Å². The van der Waals surface area contributed by atoms with Crippen LogP contribution in [-0.2, 0) is 30.4 Å². The number of hydrogen-bond donors (Lipinski definition) is 1. The fraction of sp³-hybridized carbons (Fsp3) is 0.471. The Kier molecular flexibility index (Phi) is 5.97. The Labute approximate surface area is 153 Å². The van der Waals surface area contributed by atoms with Gasteiger partial charge in [-0.2, -0.15) is 0 Å². The predicted molar refractivity (Wildman–Crippen MR) is 88.9 cm³/mol. The summed E-state index contributed by atoms with van der Waals surface area (Å²) < 4.78 is 42.2. The van der Waals surface area contributed by atoms with E-state index in [1.54, 1.807) is 0 Å². The molecule has 1 N–H and O–H groups in total. The fourth-order valence-corrected chi connectivity index (χ4v) is 2.76. The van der Waals surface area contributed by atoms with E-state index in [4.69, 9.17) is 9.47 Å². The molecule has 3 rings (SSSR count). The van der Waals surface area contributed by atoms with Crippen LogP contribution in [-0.4, -0.2) is 72.4 Å². The zero-order valence-corrected chi connectivity index (χ0v) is 14.6. The molecular weight excluding hydrogens is 364 g/mol. The van der Waals surface area contributed by atoms with Crippen molar-refractivity contribution in [2.75, 3.05) is 33.4 Å². The number of fused-ring (bicyclic) bond motifs is 1. The van der Waals surface area contributed by atoms with Gasteiger partial charge in [0, 0.05) is 6.54 Å². The summed E-state index contributed by atoms with van der Waals surface area (Å²) in [6.45, 7) is -0.736. The molecule has 2 heterocycles. The summed E-state index contributed by atoms with van der Waals surface area (Å²) in [7, 11) is 1.21. The second kappa shape index (κ2) is 8.40. The van der Waals surface area contributed by atoms with Gasteiger partial charge in [-0.05, 0) is 18.2 Å². The van der Waals surface area contributed by atoms with Gasteiger partial charge < -0.3 is 24.1 Å². The second-order valence-corrected chi connectivity index (χ2v) is 6.08. The molecule has 10 heteroatoms. The van der Waals surface area contributed by atoms with E-state index in [2.05, 4.69) is 14.7 Å². The van der Waals surface area contributed by atoms with Gasteiger partial charge in [-0.25, -0.2) is 18.6 Å². The quantitative estimate of drug-likeness (QED) is 0.716. The minimum absolute atomic E-state index is 0.00224. The maximum atomic E-state index is 14.1. The zero-order valence-electron chi connectivity index (χ0n) is 14.6. The van der Waals surface area contributed by atoms with Gasteiger partial charge in [0.15, 0.2) is 0 Å². The van der Waals surface area contributed by atoms with Crippen molar-refractivity contribution in [1.82, 2.24) is 14.9 Å². The van der Waals surface area contributed by atoms with Crippen LogP contribution in [0.5, 0.6) is 0 Å². The number of methoxy groups -OCH3 is 1. The van der Waals surface area contributed by atoms with E-state index in [1.165, 1.54) is 30.2 Å². The molecule has 2 aromatic rings. The van der Waals surface area contributed by atoms with Crippen LogP contribution in [0.2, 0.25) is 0 Å². The first-order chi connectivity index (χ1) is 13.0. The topological polar surface area (TPSA) is 93.8 Å². The smallest absolute Gasteiger partial charge is 0.331 e. The lowest BCUT2D eigenvalue weighted by Crippen LogP contribution is -2.33. The van der Waals surface area contributed by atoms with Gasteiger partial charge in [0.2, 0.25) is 5.91 Å². The minimum Gasteiger partial charge on any atom is -0.467 e. The molecule has 0 aliphatic carbocycles. The lowest BCUT2D eigenvalue weighted by atomic mass is 10.3. The summed E-state index contributed by atoms with van der Waals surface area (Å²) in [5.74, 6) is -0.984. The van der Waals surface area contributed by atoms with Gasteiger partial charge in [-0.15, -0.1) is 0 Å². The van der Waals surface area contributed by atoms with Gasteiger partial charge in [0.1, 0.15) is 43.7 Å². The van der Waals surface area contributed by atoms with E-state index in [-0.39, 0.29) is 38.7 Å². The van der Waals surface area contributed by atoms with Crippen LogP contribution in [0.1, 0.15) is 5.82 Å². The van der Waals surface area contributed by atoms with Crippen LogP contribution < -0.4 is 0 Å². The monoisotopic (exact) mass is 383 g/mol. The van der Waals surface area contributed by atoms with Crippen LogP contribution in [0.25, 0.3) is 11.0 Å². The number of esters is 1. The minimum atomic E-state index is -1.35. The number of H-pyrrole nitrogens is 1. The lowest BCUT2D eigenvalue weighted by Gasteiger charge is -2.15. The van der Waals surface area contributed by atoms with E-state index in [0.29, 0.717) is 16.9 Å². The number of rotatable bonds is 7. The molecule has 146 valence electrons. The Morgan fingerprint density at radius 2 is 2.15 bits per heavy atom. The molecule has 0 saturated carbocycles. The number of halogens is 2. The largest absolute Gasteiger partial charge is 0.467 e. The molecule has 1 saturated heterocycles. The number of hydrogen-bond acceptors (Lipinski definition) is 6. The molecule has 1 aliphatic rings. The highest BCUT2D eigenvalue weighted by Crippen LogP contribution is 2.19. The summed E-state index contributed by atoms with van der Waals surface area (Å²) in [5.41, 5.74) is 1.11. The van der Waals surface area contributed by atoms with Gasteiger partial charge in [-0.3, -0.25) is 4.79 Å². The van der Waals surface area contributed by atoms with Crippen molar-refractivity contribution >= 4 is 22.9 Å². The standard InChI is InChI=1S/C17H19F2N3O5/c1-25-17(24)9-26-8-16(23)22-5-11(19)14(6-22)27-7-15-20-12-3-2-10(18)4-13(12)21-15/h2-4,11,14H,5-9H2,1H3,(H,20,21)/t11-,14+/m1/s1. The summed E-state index contributed by atoms with van der Waals surface area (Å²) in [6, 6.07) is 4.15.